The molecule has 74 valence electrons. The number of aromatic nitrogens is 2. The van der Waals surface area contributed by atoms with Crippen LogP contribution in [0, 0.1) is 0 Å². The third-order valence-electron chi connectivity index (χ3n) is 1.73. The van der Waals surface area contributed by atoms with Crippen LogP contribution < -0.4 is 10.5 Å². The Labute approximate surface area is 78.7 Å². The van der Waals surface area contributed by atoms with Crippen LogP contribution >= 0.6 is 0 Å². The van der Waals surface area contributed by atoms with Gasteiger partial charge >= 0.3 is 0 Å². The van der Waals surface area contributed by atoms with Crippen LogP contribution in [-0.4, -0.2) is 22.9 Å². The van der Waals surface area contributed by atoms with Crippen LogP contribution in [0.3, 0.4) is 0 Å². The van der Waals surface area contributed by atoms with Crippen molar-refractivity contribution in [1.82, 2.24) is 9.78 Å². The van der Waals surface area contributed by atoms with E-state index in [1.54, 1.807) is 10.9 Å². The fourth-order valence-electron chi connectivity index (χ4n) is 1.01. The molecule has 1 aromatic rings. The second kappa shape index (κ2) is 5.59. The van der Waals surface area contributed by atoms with Crippen LogP contribution in [0.5, 0.6) is 5.75 Å². The molecule has 0 spiro atoms. The molecule has 1 aromatic heterocycles. The van der Waals surface area contributed by atoms with Crippen molar-refractivity contribution in [2.45, 2.75) is 26.3 Å². The van der Waals surface area contributed by atoms with E-state index in [4.69, 9.17) is 10.5 Å². The largest absolute Gasteiger partial charge is 0.490 e. The van der Waals surface area contributed by atoms with E-state index in [1.807, 2.05) is 6.20 Å². The molecule has 0 aliphatic heterocycles. The van der Waals surface area contributed by atoms with E-state index in [0.717, 1.165) is 31.7 Å². The smallest absolute Gasteiger partial charge is 0.157 e. The summed E-state index contributed by atoms with van der Waals surface area (Å²) in [5.41, 5.74) is 5.39. The van der Waals surface area contributed by atoms with Gasteiger partial charge in [-0.15, -0.1) is 0 Å². The predicted molar refractivity (Wildman–Crippen MR) is 51.7 cm³/mol. The Kier molecular flexibility index (Phi) is 4.32. The van der Waals surface area contributed by atoms with Crippen LogP contribution in [0.25, 0.3) is 0 Å². The monoisotopic (exact) mass is 183 g/mol. The van der Waals surface area contributed by atoms with Crippen molar-refractivity contribution in [3.8, 4) is 5.75 Å². The fraction of sp³-hybridized carbons (Fsp3) is 0.667. The van der Waals surface area contributed by atoms with E-state index in [2.05, 4.69) is 12.0 Å². The van der Waals surface area contributed by atoms with Crippen LogP contribution in [0.4, 0.5) is 0 Å². The average Bonchev–Trinajstić information content (AvgIpc) is 2.54. The van der Waals surface area contributed by atoms with Crippen molar-refractivity contribution in [3.63, 3.8) is 0 Å². The highest BCUT2D eigenvalue weighted by atomic mass is 16.5. The summed E-state index contributed by atoms with van der Waals surface area (Å²) in [5.74, 6) is 0.835. The molecule has 0 saturated heterocycles. The van der Waals surface area contributed by atoms with Gasteiger partial charge in [-0.1, -0.05) is 13.3 Å². The Balaban J connectivity index is 2.31. The Bertz CT molecular complexity index is 235. The summed E-state index contributed by atoms with van der Waals surface area (Å²) in [5, 5.41) is 4.10. The Morgan fingerprint density at radius 1 is 1.62 bits per heavy atom. The maximum atomic E-state index is 5.45. The normalized spacial score (nSPS) is 10.3. The molecule has 0 amide bonds. The highest BCUT2D eigenvalue weighted by Crippen LogP contribution is 2.08. The molecular weight excluding hydrogens is 166 g/mol. The molecule has 0 saturated carbocycles. The van der Waals surface area contributed by atoms with Gasteiger partial charge in [0.25, 0.3) is 0 Å². The van der Waals surface area contributed by atoms with E-state index in [-0.39, 0.29) is 0 Å². The summed E-state index contributed by atoms with van der Waals surface area (Å²) in [7, 11) is 0. The summed E-state index contributed by atoms with van der Waals surface area (Å²) >= 11 is 0. The number of nitrogens with two attached hydrogens (primary N) is 1. The standard InChI is InChI=1S/C9H17N3O/c1-2-3-6-13-9-7-11-12(8-9)5-4-10/h7-8H,2-6,10H2,1H3. The first-order valence-corrected chi connectivity index (χ1v) is 4.72. The summed E-state index contributed by atoms with van der Waals surface area (Å²) < 4.78 is 7.24. The number of ether oxygens (including phenoxy) is 1. The van der Waals surface area contributed by atoms with Crippen LogP contribution in [-0.2, 0) is 6.54 Å². The van der Waals surface area contributed by atoms with Gasteiger partial charge in [-0.05, 0) is 6.42 Å². The SMILES string of the molecule is CCCCOc1cnn(CCN)c1. The van der Waals surface area contributed by atoms with Crippen molar-refractivity contribution in [3.05, 3.63) is 12.4 Å². The summed E-state index contributed by atoms with van der Waals surface area (Å²) in [6, 6.07) is 0. The topological polar surface area (TPSA) is 53.1 Å². The van der Waals surface area contributed by atoms with Gasteiger partial charge in [0.2, 0.25) is 0 Å². The first-order valence-electron chi connectivity index (χ1n) is 4.72. The molecule has 0 bridgehead atoms. The molecule has 0 unspecified atom stereocenters. The molecule has 4 nitrogen and oxygen atoms in total. The van der Waals surface area contributed by atoms with Gasteiger partial charge in [0, 0.05) is 6.54 Å². The van der Waals surface area contributed by atoms with Crippen LogP contribution in [0.2, 0.25) is 0 Å². The van der Waals surface area contributed by atoms with Gasteiger partial charge in [-0.3, -0.25) is 4.68 Å². The predicted octanol–water partition coefficient (Wildman–Crippen LogP) is 1.02. The second-order valence-electron chi connectivity index (χ2n) is 2.93. The molecule has 0 aliphatic carbocycles. The number of unbranched alkanes of at least 4 members (excludes halogenated alkanes) is 1. The first-order chi connectivity index (χ1) is 6.36. The van der Waals surface area contributed by atoms with E-state index in [9.17, 15) is 0 Å². The molecule has 1 rings (SSSR count). The molecular formula is C9H17N3O. The maximum Gasteiger partial charge on any atom is 0.157 e. The molecule has 0 aromatic carbocycles. The lowest BCUT2D eigenvalue weighted by Crippen LogP contribution is -2.09. The Morgan fingerprint density at radius 3 is 3.15 bits per heavy atom. The van der Waals surface area contributed by atoms with Crippen molar-refractivity contribution in [2.75, 3.05) is 13.2 Å². The van der Waals surface area contributed by atoms with Crippen LogP contribution in [0.1, 0.15) is 19.8 Å². The van der Waals surface area contributed by atoms with Crippen LogP contribution in [0.15, 0.2) is 12.4 Å². The lowest BCUT2D eigenvalue weighted by Gasteiger charge is -2.00. The second-order valence-corrected chi connectivity index (χ2v) is 2.93. The minimum Gasteiger partial charge on any atom is -0.490 e. The highest BCUT2D eigenvalue weighted by Gasteiger charge is 1.97. The van der Waals surface area contributed by atoms with Gasteiger partial charge in [-0.25, -0.2) is 0 Å². The summed E-state index contributed by atoms with van der Waals surface area (Å²) in [6.45, 7) is 4.26. The molecule has 4 heteroatoms. The molecule has 0 fully saturated rings. The first kappa shape index (κ1) is 10.1. The van der Waals surface area contributed by atoms with Crippen molar-refractivity contribution >= 4 is 0 Å². The van der Waals surface area contributed by atoms with Crippen molar-refractivity contribution in [1.29, 1.82) is 0 Å². The van der Waals surface area contributed by atoms with E-state index in [1.165, 1.54) is 0 Å². The van der Waals surface area contributed by atoms with Gasteiger partial charge in [-0.2, -0.15) is 5.10 Å². The van der Waals surface area contributed by atoms with E-state index < -0.39 is 0 Å². The number of hydrogen-bond donors (Lipinski definition) is 1. The number of hydrogen-bond acceptors (Lipinski definition) is 3. The number of nitrogens with zero attached hydrogens (tertiary/aromatic N) is 2. The van der Waals surface area contributed by atoms with E-state index >= 15 is 0 Å². The zero-order valence-corrected chi connectivity index (χ0v) is 8.07. The minimum atomic E-state index is 0.607. The molecule has 0 radical (unpaired) electrons. The quantitative estimate of drug-likeness (QED) is 0.670. The molecule has 1 heterocycles. The van der Waals surface area contributed by atoms with Gasteiger partial charge in [0.05, 0.1) is 25.5 Å². The maximum absolute atomic E-state index is 5.45. The average molecular weight is 183 g/mol. The number of rotatable bonds is 6. The molecule has 2 N–H and O–H groups in total. The van der Waals surface area contributed by atoms with E-state index in [0.29, 0.717) is 6.54 Å². The third-order valence-corrected chi connectivity index (χ3v) is 1.73. The Hall–Kier alpha value is -1.03. The molecule has 0 atom stereocenters. The van der Waals surface area contributed by atoms with Gasteiger partial charge in [0.1, 0.15) is 0 Å². The third kappa shape index (κ3) is 3.46. The van der Waals surface area contributed by atoms with Crippen molar-refractivity contribution < 1.29 is 4.74 Å². The summed E-state index contributed by atoms with van der Waals surface area (Å²) in [4.78, 5) is 0. The molecule has 0 aliphatic rings. The summed E-state index contributed by atoms with van der Waals surface area (Å²) in [6.07, 6.45) is 5.84. The minimum absolute atomic E-state index is 0.607. The fourth-order valence-corrected chi connectivity index (χ4v) is 1.01. The zero-order valence-electron chi connectivity index (χ0n) is 8.07. The van der Waals surface area contributed by atoms with Crippen molar-refractivity contribution in [2.24, 2.45) is 5.73 Å². The zero-order chi connectivity index (χ0) is 9.52. The molecule has 13 heavy (non-hydrogen) atoms. The van der Waals surface area contributed by atoms with Gasteiger partial charge < -0.3 is 10.5 Å². The lowest BCUT2D eigenvalue weighted by molar-refractivity contribution is 0.309. The van der Waals surface area contributed by atoms with Gasteiger partial charge in [0.15, 0.2) is 5.75 Å². The lowest BCUT2D eigenvalue weighted by atomic mass is 10.4. The Morgan fingerprint density at radius 2 is 2.46 bits per heavy atom. The highest BCUT2D eigenvalue weighted by molar-refractivity contribution is 5.11.